The standard InChI is InChI=1S/C11H16BrFN2O3S/c1-7(6-18-2)5-15-19(16,17)11-3-8(12)9(13)4-10(11)14/h3-4,7,15H,5-6,14H2,1-2H3. The third kappa shape index (κ3) is 4.41. The first kappa shape index (κ1) is 16.4. The summed E-state index contributed by atoms with van der Waals surface area (Å²) in [7, 11) is -2.23. The van der Waals surface area contributed by atoms with Crippen LogP contribution in [0.3, 0.4) is 0 Å². The summed E-state index contributed by atoms with van der Waals surface area (Å²) in [6.07, 6.45) is 0. The highest BCUT2D eigenvalue weighted by molar-refractivity contribution is 9.10. The van der Waals surface area contributed by atoms with Gasteiger partial charge in [-0.25, -0.2) is 17.5 Å². The zero-order valence-corrected chi connectivity index (χ0v) is 13.0. The van der Waals surface area contributed by atoms with Crippen molar-refractivity contribution in [1.82, 2.24) is 4.72 Å². The molecule has 3 N–H and O–H groups in total. The Labute approximate surface area is 120 Å². The summed E-state index contributed by atoms with van der Waals surface area (Å²) in [5.41, 5.74) is 5.40. The summed E-state index contributed by atoms with van der Waals surface area (Å²) < 4.78 is 44.7. The van der Waals surface area contributed by atoms with Gasteiger partial charge in [-0.05, 0) is 34.0 Å². The second-order valence-corrected chi connectivity index (χ2v) is 6.81. The van der Waals surface area contributed by atoms with Crippen LogP contribution in [0.1, 0.15) is 6.92 Å². The number of anilines is 1. The number of methoxy groups -OCH3 is 1. The normalized spacial score (nSPS) is 13.5. The number of hydrogen-bond donors (Lipinski definition) is 2. The Morgan fingerprint density at radius 3 is 2.74 bits per heavy atom. The van der Waals surface area contributed by atoms with Crippen LogP contribution in [-0.4, -0.2) is 28.7 Å². The highest BCUT2D eigenvalue weighted by atomic mass is 79.9. The number of rotatable bonds is 6. The lowest BCUT2D eigenvalue weighted by atomic mass is 10.2. The van der Waals surface area contributed by atoms with Gasteiger partial charge in [0.25, 0.3) is 0 Å². The van der Waals surface area contributed by atoms with Crippen LogP contribution in [0.5, 0.6) is 0 Å². The Morgan fingerprint density at radius 1 is 1.53 bits per heavy atom. The molecular weight excluding hydrogens is 339 g/mol. The van der Waals surface area contributed by atoms with Crippen molar-refractivity contribution < 1.29 is 17.5 Å². The molecule has 8 heteroatoms. The number of nitrogens with two attached hydrogens (primary N) is 1. The van der Waals surface area contributed by atoms with E-state index in [0.717, 1.165) is 12.1 Å². The van der Waals surface area contributed by atoms with Crippen molar-refractivity contribution in [2.75, 3.05) is 26.0 Å². The van der Waals surface area contributed by atoms with E-state index in [1.54, 1.807) is 7.11 Å². The highest BCUT2D eigenvalue weighted by Crippen LogP contribution is 2.26. The Bertz CT molecular complexity index is 551. The third-order valence-corrected chi connectivity index (χ3v) is 4.50. The minimum absolute atomic E-state index is 0.0184. The Kier molecular flexibility index (Phi) is 5.72. The summed E-state index contributed by atoms with van der Waals surface area (Å²) >= 11 is 2.93. The van der Waals surface area contributed by atoms with E-state index < -0.39 is 15.8 Å². The van der Waals surface area contributed by atoms with E-state index >= 15 is 0 Å². The molecule has 1 aromatic carbocycles. The molecular formula is C11H16BrFN2O3S. The maximum atomic E-state index is 13.2. The average molecular weight is 355 g/mol. The van der Waals surface area contributed by atoms with Crippen molar-refractivity contribution in [2.24, 2.45) is 5.92 Å². The Balaban J connectivity index is 2.92. The molecule has 0 aliphatic heterocycles. The quantitative estimate of drug-likeness (QED) is 0.762. The van der Waals surface area contributed by atoms with Crippen LogP contribution in [0.2, 0.25) is 0 Å². The zero-order chi connectivity index (χ0) is 14.6. The summed E-state index contributed by atoms with van der Waals surface area (Å²) in [5, 5.41) is 0. The first-order valence-electron chi connectivity index (χ1n) is 5.51. The zero-order valence-electron chi connectivity index (χ0n) is 10.6. The van der Waals surface area contributed by atoms with Crippen molar-refractivity contribution in [3.8, 4) is 0 Å². The fraction of sp³-hybridized carbons (Fsp3) is 0.455. The summed E-state index contributed by atoms with van der Waals surface area (Å²) in [6, 6.07) is 2.12. The number of sulfonamides is 1. The topological polar surface area (TPSA) is 81.4 Å². The van der Waals surface area contributed by atoms with Gasteiger partial charge in [0, 0.05) is 20.3 Å². The van der Waals surface area contributed by atoms with Crippen LogP contribution < -0.4 is 10.5 Å². The second kappa shape index (κ2) is 6.65. The summed E-state index contributed by atoms with van der Waals surface area (Å²) in [4.78, 5) is -0.148. The van der Waals surface area contributed by atoms with E-state index in [-0.39, 0.29) is 27.5 Å². The molecule has 1 atom stereocenters. The molecule has 0 aromatic heterocycles. The molecule has 0 bridgehead atoms. The molecule has 1 unspecified atom stereocenters. The van der Waals surface area contributed by atoms with Crippen LogP contribution in [-0.2, 0) is 14.8 Å². The van der Waals surface area contributed by atoms with Gasteiger partial charge >= 0.3 is 0 Å². The number of hydrogen-bond acceptors (Lipinski definition) is 4. The molecule has 0 aliphatic rings. The monoisotopic (exact) mass is 354 g/mol. The number of nitrogen functional groups attached to an aromatic ring is 1. The van der Waals surface area contributed by atoms with Gasteiger partial charge in [-0.2, -0.15) is 0 Å². The lowest BCUT2D eigenvalue weighted by molar-refractivity contribution is 0.161. The van der Waals surface area contributed by atoms with Crippen LogP contribution >= 0.6 is 15.9 Å². The van der Waals surface area contributed by atoms with Crippen LogP contribution in [0.4, 0.5) is 10.1 Å². The van der Waals surface area contributed by atoms with Gasteiger partial charge in [0.1, 0.15) is 10.7 Å². The molecule has 0 heterocycles. The number of halogens is 2. The molecule has 0 fully saturated rings. The van der Waals surface area contributed by atoms with Gasteiger partial charge < -0.3 is 10.5 Å². The maximum Gasteiger partial charge on any atom is 0.242 e. The third-order valence-electron chi connectivity index (χ3n) is 2.42. The van der Waals surface area contributed by atoms with Crippen LogP contribution in [0.25, 0.3) is 0 Å². The minimum Gasteiger partial charge on any atom is -0.398 e. The van der Waals surface area contributed by atoms with Gasteiger partial charge in [0.2, 0.25) is 10.0 Å². The molecule has 108 valence electrons. The molecule has 5 nitrogen and oxygen atoms in total. The molecule has 19 heavy (non-hydrogen) atoms. The van der Waals surface area contributed by atoms with Crippen LogP contribution in [0, 0.1) is 11.7 Å². The minimum atomic E-state index is -3.77. The fourth-order valence-corrected chi connectivity index (χ4v) is 3.25. The van der Waals surface area contributed by atoms with Crippen molar-refractivity contribution in [1.29, 1.82) is 0 Å². The number of benzene rings is 1. The lowest BCUT2D eigenvalue weighted by Gasteiger charge is -2.13. The predicted molar refractivity (Wildman–Crippen MR) is 74.7 cm³/mol. The van der Waals surface area contributed by atoms with Gasteiger partial charge in [-0.15, -0.1) is 0 Å². The lowest BCUT2D eigenvalue weighted by Crippen LogP contribution is -2.30. The van der Waals surface area contributed by atoms with E-state index in [9.17, 15) is 12.8 Å². The van der Waals surface area contributed by atoms with E-state index in [1.807, 2.05) is 6.92 Å². The Hall–Kier alpha value is -0.700. The summed E-state index contributed by atoms with van der Waals surface area (Å²) in [5.74, 6) is -0.589. The SMILES string of the molecule is COCC(C)CNS(=O)(=O)c1cc(Br)c(F)cc1N. The average Bonchev–Trinajstić information content (AvgIpc) is 2.31. The predicted octanol–water partition coefficient (Wildman–Crippen LogP) is 1.73. The number of nitrogens with one attached hydrogen (secondary N) is 1. The molecule has 0 aliphatic carbocycles. The van der Waals surface area contributed by atoms with Gasteiger partial charge in [0.15, 0.2) is 0 Å². The number of ether oxygens (including phenoxy) is 1. The van der Waals surface area contributed by atoms with Crippen molar-refractivity contribution in [3.63, 3.8) is 0 Å². The largest absolute Gasteiger partial charge is 0.398 e. The fourth-order valence-electron chi connectivity index (χ4n) is 1.45. The summed E-state index contributed by atoms with van der Waals surface area (Å²) in [6.45, 7) is 2.49. The van der Waals surface area contributed by atoms with Gasteiger partial charge in [-0.3, -0.25) is 0 Å². The molecule has 0 radical (unpaired) electrons. The van der Waals surface area contributed by atoms with E-state index in [0.29, 0.717) is 6.61 Å². The molecule has 0 spiro atoms. The van der Waals surface area contributed by atoms with Crippen molar-refractivity contribution in [2.45, 2.75) is 11.8 Å². The first-order valence-corrected chi connectivity index (χ1v) is 7.78. The highest BCUT2D eigenvalue weighted by Gasteiger charge is 2.20. The first-order chi connectivity index (χ1) is 8.77. The molecule has 1 aromatic rings. The van der Waals surface area contributed by atoms with E-state index in [2.05, 4.69) is 20.7 Å². The van der Waals surface area contributed by atoms with Crippen LogP contribution in [0.15, 0.2) is 21.5 Å². The molecule has 1 rings (SSSR count). The molecule has 0 saturated heterocycles. The molecule has 0 saturated carbocycles. The van der Waals surface area contributed by atoms with E-state index in [4.69, 9.17) is 10.5 Å². The van der Waals surface area contributed by atoms with Crippen molar-refractivity contribution in [3.05, 3.63) is 22.4 Å². The Morgan fingerprint density at radius 2 is 2.16 bits per heavy atom. The smallest absolute Gasteiger partial charge is 0.242 e. The van der Waals surface area contributed by atoms with Crippen molar-refractivity contribution >= 4 is 31.6 Å². The second-order valence-electron chi connectivity index (χ2n) is 4.22. The molecule has 0 amide bonds. The van der Waals surface area contributed by atoms with Gasteiger partial charge in [-0.1, -0.05) is 6.92 Å². The van der Waals surface area contributed by atoms with E-state index in [1.165, 1.54) is 0 Å². The van der Waals surface area contributed by atoms with Gasteiger partial charge in [0.05, 0.1) is 10.2 Å². The maximum absolute atomic E-state index is 13.2.